The Bertz CT molecular complexity index is 389. The van der Waals surface area contributed by atoms with E-state index >= 15 is 0 Å². The number of carboxylic acid groups (broad SMARTS) is 1. The summed E-state index contributed by atoms with van der Waals surface area (Å²) in [4.78, 5) is 11.4. The number of hydrogen-bond acceptors (Lipinski definition) is 3. The average Bonchev–Trinajstić information content (AvgIpc) is 2.69. The zero-order chi connectivity index (χ0) is 12.3. The molecule has 1 N–H and O–H groups in total. The summed E-state index contributed by atoms with van der Waals surface area (Å²) in [6, 6.07) is 7.76. The van der Waals surface area contributed by atoms with E-state index in [1.54, 1.807) is 7.11 Å². The van der Waals surface area contributed by atoms with Crippen molar-refractivity contribution in [3.63, 3.8) is 0 Å². The van der Waals surface area contributed by atoms with Crippen molar-refractivity contribution in [2.24, 2.45) is 0 Å². The lowest BCUT2D eigenvalue weighted by atomic mass is 10.0. The number of carboxylic acids is 1. The molecule has 4 nitrogen and oxygen atoms in total. The molecule has 0 aliphatic heterocycles. The Balaban J connectivity index is 2.14. The van der Waals surface area contributed by atoms with Crippen molar-refractivity contribution in [3.05, 3.63) is 35.4 Å². The first-order chi connectivity index (χ1) is 8.18. The van der Waals surface area contributed by atoms with Gasteiger partial charge in [-0.2, -0.15) is 0 Å². The van der Waals surface area contributed by atoms with Gasteiger partial charge in [0, 0.05) is 20.0 Å². The molecule has 1 aliphatic carbocycles. The third kappa shape index (κ3) is 2.33. The molecule has 0 heterocycles. The van der Waals surface area contributed by atoms with E-state index in [4.69, 9.17) is 9.47 Å². The SMILES string of the molecule is COCCOC1(C(=O)O)Cc2ccccc2C1. The van der Waals surface area contributed by atoms with Gasteiger partial charge in [0.2, 0.25) is 0 Å². The molecule has 17 heavy (non-hydrogen) atoms. The van der Waals surface area contributed by atoms with Crippen molar-refractivity contribution >= 4 is 5.97 Å². The second kappa shape index (κ2) is 4.85. The van der Waals surface area contributed by atoms with Gasteiger partial charge in [0.05, 0.1) is 13.2 Å². The van der Waals surface area contributed by atoms with E-state index in [1.807, 2.05) is 24.3 Å². The molecule has 1 aromatic rings. The molecule has 0 amide bonds. The number of benzene rings is 1. The molecule has 0 spiro atoms. The van der Waals surface area contributed by atoms with Crippen LogP contribution < -0.4 is 0 Å². The molecule has 4 heteroatoms. The van der Waals surface area contributed by atoms with Crippen molar-refractivity contribution in [3.8, 4) is 0 Å². The largest absolute Gasteiger partial charge is 0.479 e. The molecule has 0 aromatic heterocycles. The minimum atomic E-state index is -1.11. The number of rotatable bonds is 5. The van der Waals surface area contributed by atoms with Crippen molar-refractivity contribution in [1.82, 2.24) is 0 Å². The quantitative estimate of drug-likeness (QED) is 0.782. The zero-order valence-electron chi connectivity index (χ0n) is 9.81. The smallest absolute Gasteiger partial charge is 0.336 e. The fraction of sp³-hybridized carbons (Fsp3) is 0.462. The molecule has 2 rings (SSSR count). The fourth-order valence-electron chi connectivity index (χ4n) is 2.22. The van der Waals surface area contributed by atoms with Gasteiger partial charge < -0.3 is 14.6 Å². The number of fused-ring (bicyclic) bond motifs is 1. The van der Waals surface area contributed by atoms with Crippen LogP contribution in [0.3, 0.4) is 0 Å². The first-order valence-corrected chi connectivity index (χ1v) is 5.61. The van der Waals surface area contributed by atoms with Crippen LogP contribution in [0.15, 0.2) is 24.3 Å². The summed E-state index contributed by atoms with van der Waals surface area (Å²) < 4.78 is 10.4. The monoisotopic (exact) mass is 236 g/mol. The van der Waals surface area contributed by atoms with Gasteiger partial charge in [0.25, 0.3) is 0 Å². The molecule has 1 aromatic carbocycles. The fourth-order valence-corrected chi connectivity index (χ4v) is 2.22. The molecule has 1 aliphatic rings. The normalized spacial score (nSPS) is 16.8. The van der Waals surface area contributed by atoms with Crippen LogP contribution in [0, 0.1) is 0 Å². The Morgan fingerprint density at radius 2 is 1.88 bits per heavy atom. The van der Waals surface area contributed by atoms with E-state index in [1.165, 1.54) is 0 Å². The lowest BCUT2D eigenvalue weighted by Gasteiger charge is -2.24. The minimum Gasteiger partial charge on any atom is -0.479 e. The number of ether oxygens (including phenoxy) is 2. The standard InChI is InChI=1S/C13H16O4/c1-16-6-7-17-13(12(14)15)8-10-4-2-3-5-11(10)9-13/h2-5H,6-9H2,1H3,(H,14,15). The zero-order valence-corrected chi connectivity index (χ0v) is 9.81. The van der Waals surface area contributed by atoms with Gasteiger partial charge in [-0.05, 0) is 11.1 Å². The molecule has 92 valence electrons. The topological polar surface area (TPSA) is 55.8 Å². The maximum Gasteiger partial charge on any atom is 0.336 e. The van der Waals surface area contributed by atoms with Gasteiger partial charge >= 0.3 is 5.97 Å². The molecular weight excluding hydrogens is 220 g/mol. The van der Waals surface area contributed by atoms with Gasteiger partial charge in [0.1, 0.15) is 0 Å². The molecular formula is C13H16O4. The van der Waals surface area contributed by atoms with Crippen molar-refractivity contribution in [2.45, 2.75) is 18.4 Å². The lowest BCUT2D eigenvalue weighted by Crippen LogP contribution is -2.43. The highest BCUT2D eigenvalue weighted by molar-refractivity contribution is 5.80. The Kier molecular flexibility index (Phi) is 3.45. The van der Waals surface area contributed by atoms with Crippen LogP contribution in [-0.4, -0.2) is 37.0 Å². The first-order valence-electron chi connectivity index (χ1n) is 5.61. The van der Waals surface area contributed by atoms with E-state index in [-0.39, 0.29) is 0 Å². The molecule has 0 bridgehead atoms. The molecule has 0 fully saturated rings. The summed E-state index contributed by atoms with van der Waals surface area (Å²) in [5.74, 6) is -0.898. The summed E-state index contributed by atoms with van der Waals surface area (Å²) in [6.07, 6.45) is 0.866. The Hall–Kier alpha value is -1.39. The summed E-state index contributed by atoms with van der Waals surface area (Å²) in [7, 11) is 1.57. The maximum atomic E-state index is 11.4. The van der Waals surface area contributed by atoms with Crippen LogP contribution in [0.25, 0.3) is 0 Å². The second-order valence-corrected chi connectivity index (χ2v) is 4.26. The molecule has 0 saturated carbocycles. The van der Waals surface area contributed by atoms with Crippen molar-refractivity contribution in [2.75, 3.05) is 20.3 Å². The third-order valence-corrected chi connectivity index (χ3v) is 3.13. The Morgan fingerprint density at radius 3 is 2.35 bits per heavy atom. The predicted molar refractivity (Wildman–Crippen MR) is 62.0 cm³/mol. The van der Waals surface area contributed by atoms with Crippen LogP contribution in [0.5, 0.6) is 0 Å². The van der Waals surface area contributed by atoms with E-state index < -0.39 is 11.6 Å². The molecule has 0 radical (unpaired) electrons. The van der Waals surface area contributed by atoms with Gasteiger partial charge in [0.15, 0.2) is 5.60 Å². The Morgan fingerprint density at radius 1 is 1.29 bits per heavy atom. The molecule has 0 saturated heterocycles. The highest BCUT2D eigenvalue weighted by Crippen LogP contribution is 2.33. The van der Waals surface area contributed by atoms with Crippen LogP contribution in [-0.2, 0) is 27.1 Å². The average molecular weight is 236 g/mol. The summed E-state index contributed by atoms with van der Waals surface area (Å²) in [5, 5.41) is 9.37. The van der Waals surface area contributed by atoms with Gasteiger partial charge in [-0.3, -0.25) is 0 Å². The molecule has 0 atom stereocenters. The minimum absolute atomic E-state index is 0.302. The highest BCUT2D eigenvalue weighted by Gasteiger charge is 2.45. The summed E-state index contributed by atoms with van der Waals surface area (Å²) in [6.45, 7) is 0.710. The van der Waals surface area contributed by atoms with Crippen molar-refractivity contribution in [1.29, 1.82) is 0 Å². The number of hydrogen-bond donors (Lipinski definition) is 1. The van der Waals surface area contributed by atoms with E-state index in [2.05, 4.69) is 0 Å². The summed E-state index contributed by atoms with van der Waals surface area (Å²) >= 11 is 0. The van der Waals surface area contributed by atoms with Gasteiger partial charge in [-0.1, -0.05) is 24.3 Å². The Labute approximate surface area is 100 Å². The van der Waals surface area contributed by atoms with Crippen LogP contribution in [0.2, 0.25) is 0 Å². The number of aliphatic carboxylic acids is 1. The van der Waals surface area contributed by atoms with E-state index in [0.29, 0.717) is 26.1 Å². The predicted octanol–water partition coefficient (Wildman–Crippen LogP) is 1.27. The maximum absolute atomic E-state index is 11.4. The van der Waals surface area contributed by atoms with Crippen molar-refractivity contribution < 1.29 is 19.4 Å². The number of carbonyl (C=O) groups is 1. The summed E-state index contributed by atoms with van der Waals surface area (Å²) in [5.41, 5.74) is 1.02. The lowest BCUT2D eigenvalue weighted by molar-refractivity contribution is -0.166. The third-order valence-electron chi connectivity index (χ3n) is 3.13. The number of methoxy groups -OCH3 is 1. The van der Waals surface area contributed by atoms with Crippen LogP contribution in [0.4, 0.5) is 0 Å². The molecule has 0 unspecified atom stereocenters. The van der Waals surface area contributed by atoms with Gasteiger partial charge in [-0.25, -0.2) is 4.79 Å². The van der Waals surface area contributed by atoms with Crippen LogP contribution >= 0.6 is 0 Å². The second-order valence-electron chi connectivity index (χ2n) is 4.26. The van der Waals surface area contributed by atoms with Gasteiger partial charge in [-0.15, -0.1) is 0 Å². The highest BCUT2D eigenvalue weighted by atomic mass is 16.5. The first kappa shape index (κ1) is 12.1. The van der Waals surface area contributed by atoms with Crippen LogP contribution in [0.1, 0.15) is 11.1 Å². The van der Waals surface area contributed by atoms with E-state index in [0.717, 1.165) is 11.1 Å². The van der Waals surface area contributed by atoms with E-state index in [9.17, 15) is 9.90 Å².